The van der Waals surface area contributed by atoms with Crippen LogP contribution in [-0.4, -0.2) is 23.4 Å². The topological polar surface area (TPSA) is 29.5 Å². The van der Waals surface area contributed by atoms with Crippen LogP contribution in [0.5, 0.6) is 0 Å². The zero-order valence-corrected chi connectivity index (χ0v) is 9.70. The summed E-state index contributed by atoms with van der Waals surface area (Å²) in [5.41, 5.74) is 0. The van der Waals surface area contributed by atoms with E-state index >= 15 is 0 Å². The van der Waals surface area contributed by atoms with Gasteiger partial charge in [-0.25, -0.2) is 0 Å². The highest BCUT2D eigenvalue weighted by molar-refractivity contribution is 4.73. The summed E-state index contributed by atoms with van der Waals surface area (Å²) in [6.07, 6.45) is 5.82. The Kier molecular flexibility index (Phi) is 4.90. The maximum absolute atomic E-state index is 9.60. The molecule has 4 unspecified atom stereocenters. The molecule has 0 heterocycles. The number of rotatable bonds is 4. The third kappa shape index (κ3) is 3.58. The van der Waals surface area contributed by atoms with Gasteiger partial charge in [0.25, 0.3) is 0 Å². The highest BCUT2D eigenvalue weighted by atomic mass is 16.5. The lowest BCUT2D eigenvalue weighted by molar-refractivity contribution is -0.0840. The zero-order valence-electron chi connectivity index (χ0n) is 9.70. The van der Waals surface area contributed by atoms with Crippen LogP contribution in [0.3, 0.4) is 0 Å². The Labute approximate surface area is 87.7 Å². The molecule has 0 aromatic carbocycles. The lowest BCUT2D eigenvalue weighted by atomic mass is 9.88. The van der Waals surface area contributed by atoms with E-state index in [9.17, 15) is 5.11 Å². The molecule has 0 saturated heterocycles. The average Bonchev–Trinajstić information content (AvgIpc) is 2.16. The number of hydrogen-bond donors (Lipinski definition) is 1. The van der Waals surface area contributed by atoms with Gasteiger partial charge in [-0.15, -0.1) is 0 Å². The molecule has 1 aliphatic rings. The molecule has 1 saturated carbocycles. The molecule has 2 nitrogen and oxygen atoms in total. The Bertz CT molecular complexity index is 158. The minimum absolute atomic E-state index is 0.00435. The lowest BCUT2D eigenvalue weighted by Crippen LogP contribution is -2.32. The van der Waals surface area contributed by atoms with E-state index in [1.54, 1.807) is 0 Å². The first-order valence-corrected chi connectivity index (χ1v) is 5.97. The summed E-state index contributed by atoms with van der Waals surface area (Å²) < 4.78 is 5.86. The van der Waals surface area contributed by atoms with Gasteiger partial charge in [0.05, 0.1) is 18.3 Å². The van der Waals surface area contributed by atoms with Crippen molar-refractivity contribution >= 4 is 0 Å². The number of ether oxygens (including phenoxy) is 1. The average molecular weight is 200 g/mol. The molecule has 4 atom stereocenters. The van der Waals surface area contributed by atoms with Crippen molar-refractivity contribution in [1.82, 2.24) is 0 Å². The van der Waals surface area contributed by atoms with E-state index in [-0.39, 0.29) is 12.2 Å². The van der Waals surface area contributed by atoms with Gasteiger partial charge in [0.15, 0.2) is 0 Å². The molecule has 84 valence electrons. The van der Waals surface area contributed by atoms with Gasteiger partial charge in [-0.2, -0.15) is 0 Å². The number of aliphatic hydroxyl groups excluding tert-OH is 1. The van der Waals surface area contributed by atoms with Crippen molar-refractivity contribution in [2.45, 2.75) is 71.2 Å². The van der Waals surface area contributed by atoms with E-state index in [1.807, 2.05) is 13.8 Å². The highest BCUT2D eigenvalue weighted by Gasteiger charge is 2.23. The fourth-order valence-electron chi connectivity index (χ4n) is 2.23. The number of hydrogen-bond acceptors (Lipinski definition) is 2. The van der Waals surface area contributed by atoms with Crippen molar-refractivity contribution in [1.29, 1.82) is 0 Å². The molecule has 0 spiro atoms. The summed E-state index contributed by atoms with van der Waals surface area (Å²) >= 11 is 0. The van der Waals surface area contributed by atoms with E-state index in [1.165, 1.54) is 25.7 Å². The quantitative estimate of drug-likeness (QED) is 0.756. The van der Waals surface area contributed by atoms with Crippen LogP contribution in [0.2, 0.25) is 0 Å². The predicted molar refractivity (Wildman–Crippen MR) is 58.3 cm³/mol. The SMILES string of the molecule is CCC(O)C(C)OC1CCCC(C)C1. The van der Waals surface area contributed by atoms with Crippen molar-refractivity contribution in [3.8, 4) is 0 Å². The van der Waals surface area contributed by atoms with Crippen molar-refractivity contribution < 1.29 is 9.84 Å². The third-order valence-electron chi connectivity index (χ3n) is 3.26. The van der Waals surface area contributed by atoms with E-state index in [0.717, 1.165) is 12.3 Å². The molecule has 0 radical (unpaired) electrons. The second kappa shape index (κ2) is 5.72. The van der Waals surface area contributed by atoms with Crippen molar-refractivity contribution in [3.05, 3.63) is 0 Å². The first-order chi connectivity index (χ1) is 6.63. The molecule has 0 aromatic rings. The van der Waals surface area contributed by atoms with Gasteiger partial charge in [0, 0.05) is 0 Å². The second-order valence-corrected chi connectivity index (χ2v) is 4.71. The van der Waals surface area contributed by atoms with Gasteiger partial charge < -0.3 is 9.84 Å². The molecule has 1 aliphatic carbocycles. The fraction of sp³-hybridized carbons (Fsp3) is 1.00. The maximum atomic E-state index is 9.60. The lowest BCUT2D eigenvalue weighted by Gasteiger charge is -2.30. The molecule has 1 N–H and O–H groups in total. The van der Waals surface area contributed by atoms with Crippen LogP contribution in [-0.2, 0) is 4.74 Å². The molecule has 0 bridgehead atoms. The van der Waals surface area contributed by atoms with Crippen molar-refractivity contribution in [2.24, 2.45) is 5.92 Å². The fourth-order valence-corrected chi connectivity index (χ4v) is 2.23. The monoisotopic (exact) mass is 200 g/mol. The first kappa shape index (κ1) is 12.0. The van der Waals surface area contributed by atoms with Crippen molar-refractivity contribution in [3.63, 3.8) is 0 Å². The van der Waals surface area contributed by atoms with E-state index in [0.29, 0.717) is 6.10 Å². The molecular formula is C12H24O2. The highest BCUT2D eigenvalue weighted by Crippen LogP contribution is 2.27. The van der Waals surface area contributed by atoms with Crippen LogP contribution in [0, 0.1) is 5.92 Å². The van der Waals surface area contributed by atoms with Gasteiger partial charge >= 0.3 is 0 Å². The maximum Gasteiger partial charge on any atom is 0.0809 e. The molecule has 1 rings (SSSR count). The van der Waals surface area contributed by atoms with Gasteiger partial charge in [-0.1, -0.05) is 26.7 Å². The van der Waals surface area contributed by atoms with Gasteiger partial charge in [-0.05, 0) is 32.1 Å². The Morgan fingerprint density at radius 1 is 1.43 bits per heavy atom. The van der Waals surface area contributed by atoms with Crippen LogP contribution < -0.4 is 0 Å². The Morgan fingerprint density at radius 2 is 2.14 bits per heavy atom. The normalized spacial score (nSPS) is 32.6. The predicted octanol–water partition coefficient (Wildman–Crippen LogP) is 2.74. The molecule has 1 fully saturated rings. The van der Waals surface area contributed by atoms with Crippen LogP contribution in [0.15, 0.2) is 0 Å². The molecule has 0 aliphatic heterocycles. The minimum atomic E-state index is -0.299. The third-order valence-corrected chi connectivity index (χ3v) is 3.26. The molecule has 0 amide bonds. The first-order valence-electron chi connectivity index (χ1n) is 5.97. The van der Waals surface area contributed by atoms with Crippen LogP contribution in [0.1, 0.15) is 52.9 Å². The van der Waals surface area contributed by atoms with Crippen LogP contribution in [0.25, 0.3) is 0 Å². The summed E-state index contributed by atoms with van der Waals surface area (Å²) in [6, 6.07) is 0. The van der Waals surface area contributed by atoms with Crippen LogP contribution >= 0.6 is 0 Å². The van der Waals surface area contributed by atoms with Gasteiger partial charge in [0.2, 0.25) is 0 Å². The molecule has 2 heteroatoms. The second-order valence-electron chi connectivity index (χ2n) is 4.71. The zero-order chi connectivity index (χ0) is 10.6. The summed E-state index contributed by atoms with van der Waals surface area (Å²) in [6.45, 7) is 6.26. The van der Waals surface area contributed by atoms with Gasteiger partial charge in [-0.3, -0.25) is 0 Å². The van der Waals surface area contributed by atoms with E-state index in [4.69, 9.17) is 4.74 Å². The van der Waals surface area contributed by atoms with Gasteiger partial charge in [0.1, 0.15) is 0 Å². The number of aliphatic hydroxyl groups is 1. The van der Waals surface area contributed by atoms with E-state index < -0.39 is 0 Å². The van der Waals surface area contributed by atoms with Crippen molar-refractivity contribution in [2.75, 3.05) is 0 Å². The van der Waals surface area contributed by atoms with E-state index in [2.05, 4.69) is 6.92 Å². The minimum Gasteiger partial charge on any atom is -0.390 e. The smallest absolute Gasteiger partial charge is 0.0809 e. The molecular weight excluding hydrogens is 176 g/mol. The Balaban J connectivity index is 2.28. The summed E-state index contributed by atoms with van der Waals surface area (Å²) in [7, 11) is 0. The summed E-state index contributed by atoms with van der Waals surface area (Å²) in [5, 5.41) is 9.60. The molecule has 14 heavy (non-hydrogen) atoms. The standard InChI is InChI=1S/C12H24O2/c1-4-12(13)10(3)14-11-7-5-6-9(2)8-11/h9-13H,4-8H2,1-3H3. The Hall–Kier alpha value is -0.0800. The largest absolute Gasteiger partial charge is 0.390 e. The summed E-state index contributed by atoms with van der Waals surface area (Å²) in [5.74, 6) is 0.791. The Morgan fingerprint density at radius 3 is 2.71 bits per heavy atom. The summed E-state index contributed by atoms with van der Waals surface area (Å²) in [4.78, 5) is 0. The van der Waals surface area contributed by atoms with Crippen LogP contribution in [0.4, 0.5) is 0 Å². The molecule has 0 aromatic heterocycles.